The molecule has 2 saturated carbocycles. The fourth-order valence-corrected chi connectivity index (χ4v) is 4.79. The quantitative estimate of drug-likeness (QED) is 0.437. The van der Waals surface area contributed by atoms with Gasteiger partial charge in [-0.2, -0.15) is 0 Å². The first-order chi connectivity index (χ1) is 9.28. The zero-order valence-corrected chi connectivity index (χ0v) is 11.8. The van der Waals surface area contributed by atoms with Crippen LogP contribution in [0.1, 0.15) is 26.7 Å². The van der Waals surface area contributed by atoms with Crippen LogP contribution in [0.15, 0.2) is 12.2 Å². The summed E-state index contributed by atoms with van der Waals surface area (Å²) in [5.74, 6) is -1.10. The molecule has 0 unspecified atom stereocenters. The second-order valence-electron chi connectivity index (χ2n) is 6.86. The lowest BCUT2D eigenvalue weighted by Gasteiger charge is -2.41. The molecule has 1 heterocycles. The number of carbonyl (C=O) groups excluding carboxylic acids is 1. The SMILES string of the molecule is C=C1C(=O)O[C@H]2C[C@@H](C)[C@@H]3[C@@H](O)C[C@@H](O)[C@@]3(C)[C@H](O)[C@H]12. The van der Waals surface area contributed by atoms with Gasteiger partial charge in [-0.05, 0) is 18.3 Å². The maximum atomic E-state index is 11.7. The lowest BCUT2D eigenvalue weighted by Crippen LogP contribution is -2.49. The van der Waals surface area contributed by atoms with Crippen LogP contribution in [0, 0.1) is 23.2 Å². The van der Waals surface area contributed by atoms with Crippen molar-refractivity contribution >= 4 is 5.97 Å². The molecule has 0 spiro atoms. The van der Waals surface area contributed by atoms with E-state index in [0.29, 0.717) is 6.42 Å². The number of fused-ring (bicyclic) bond motifs is 2. The average molecular weight is 282 g/mol. The van der Waals surface area contributed by atoms with Crippen LogP contribution in [-0.2, 0) is 9.53 Å². The van der Waals surface area contributed by atoms with Crippen molar-refractivity contribution in [3.8, 4) is 0 Å². The van der Waals surface area contributed by atoms with E-state index in [9.17, 15) is 20.1 Å². The minimum Gasteiger partial charge on any atom is -0.458 e. The fourth-order valence-electron chi connectivity index (χ4n) is 4.79. The summed E-state index contributed by atoms with van der Waals surface area (Å²) in [6.45, 7) is 7.53. The number of aliphatic hydroxyl groups is 3. The zero-order valence-electron chi connectivity index (χ0n) is 11.8. The lowest BCUT2D eigenvalue weighted by molar-refractivity contribution is -0.140. The molecule has 20 heavy (non-hydrogen) atoms. The van der Waals surface area contributed by atoms with Gasteiger partial charge in [0.1, 0.15) is 6.10 Å². The molecule has 0 radical (unpaired) electrons. The van der Waals surface area contributed by atoms with Crippen LogP contribution in [0.4, 0.5) is 0 Å². The van der Waals surface area contributed by atoms with Crippen LogP contribution in [0.5, 0.6) is 0 Å². The Kier molecular flexibility index (Phi) is 3.01. The van der Waals surface area contributed by atoms with Gasteiger partial charge in [-0.15, -0.1) is 0 Å². The normalized spacial score (nSPS) is 55.1. The van der Waals surface area contributed by atoms with Crippen molar-refractivity contribution in [2.45, 2.75) is 51.1 Å². The van der Waals surface area contributed by atoms with Crippen LogP contribution in [0.2, 0.25) is 0 Å². The van der Waals surface area contributed by atoms with Crippen molar-refractivity contribution in [3.63, 3.8) is 0 Å². The van der Waals surface area contributed by atoms with E-state index in [1.54, 1.807) is 6.92 Å². The van der Waals surface area contributed by atoms with Crippen LogP contribution in [-0.4, -0.2) is 45.7 Å². The monoisotopic (exact) mass is 282 g/mol. The Balaban J connectivity index is 2.06. The van der Waals surface area contributed by atoms with Crippen molar-refractivity contribution in [1.29, 1.82) is 0 Å². The molecule has 3 N–H and O–H groups in total. The maximum Gasteiger partial charge on any atom is 0.334 e. The summed E-state index contributed by atoms with van der Waals surface area (Å²) in [6.07, 6.45) is -1.92. The molecular weight excluding hydrogens is 260 g/mol. The van der Waals surface area contributed by atoms with Gasteiger partial charge in [0.15, 0.2) is 0 Å². The largest absolute Gasteiger partial charge is 0.458 e. The highest BCUT2D eigenvalue weighted by atomic mass is 16.6. The zero-order chi connectivity index (χ0) is 14.8. The Morgan fingerprint density at radius 3 is 2.60 bits per heavy atom. The molecule has 0 amide bonds. The summed E-state index contributed by atoms with van der Waals surface area (Å²) in [5, 5.41) is 31.4. The van der Waals surface area contributed by atoms with E-state index in [2.05, 4.69) is 6.58 Å². The Bertz CT molecular complexity index is 461. The predicted octanol–water partition coefficient (Wildman–Crippen LogP) is 0.233. The topological polar surface area (TPSA) is 87.0 Å². The summed E-state index contributed by atoms with van der Waals surface area (Å²) < 4.78 is 5.32. The molecular formula is C15H22O5. The van der Waals surface area contributed by atoms with Gasteiger partial charge in [-0.3, -0.25) is 0 Å². The lowest BCUT2D eigenvalue weighted by atomic mass is 9.67. The molecule has 0 aromatic rings. The molecule has 5 nitrogen and oxygen atoms in total. The molecule has 8 atom stereocenters. The highest BCUT2D eigenvalue weighted by Crippen LogP contribution is 2.56. The van der Waals surface area contributed by atoms with Crippen LogP contribution in [0.3, 0.4) is 0 Å². The third-order valence-electron chi connectivity index (χ3n) is 5.83. The van der Waals surface area contributed by atoms with E-state index in [4.69, 9.17) is 4.74 Å². The van der Waals surface area contributed by atoms with Crippen molar-refractivity contribution in [3.05, 3.63) is 12.2 Å². The number of ether oxygens (including phenoxy) is 1. The summed E-state index contributed by atoms with van der Waals surface area (Å²) in [4.78, 5) is 11.7. The highest BCUT2D eigenvalue weighted by molar-refractivity contribution is 5.91. The maximum absolute atomic E-state index is 11.7. The number of carbonyl (C=O) groups is 1. The second-order valence-corrected chi connectivity index (χ2v) is 6.86. The number of esters is 1. The van der Waals surface area contributed by atoms with E-state index in [1.165, 1.54) is 0 Å². The fraction of sp³-hybridized carbons (Fsp3) is 0.800. The van der Waals surface area contributed by atoms with Crippen LogP contribution >= 0.6 is 0 Å². The predicted molar refractivity (Wildman–Crippen MR) is 70.5 cm³/mol. The van der Waals surface area contributed by atoms with Gasteiger partial charge in [0.2, 0.25) is 0 Å². The second kappa shape index (κ2) is 4.29. The Morgan fingerprint density at radius 2 is 1.95 bits per heavy atom. The van der Waals surface area contributed by atoms with E-state index >= 15 is 0 Å². The molecule has 0 aromatic heterocycles. The molecule has 5 heteroatoms. The van der Waals surface area contributed by atoms with Gasteiger partial charge in [0.05, 0.1) is 24.2 Å². The first-order valence-corrected chi connectivity index (χ1v) is 7.22. The van der Waals surface area contributed by atoms with E-state index in [-0.39, 0.29) is 23.8 Å². The number of aliphatic hydroxyl groups excluding tert-OH is 3. The van der Waals surface area contributed by atoms with E-state index in [0.717, 1.165) is 0 Å². The van der Waals surface area contributed by atoms with Crippen molar-refractivity contribution in [2.24, 2.45) is 23.2 Å². The number of hydrogen-bond acceptors (Lipinski definition) is 5. The number of rotatable bonds is 0. The highest BCUT2D eigenvalue weighted by Gasteiger charge is 2.63. The first kappa shape index (κ1) is 14.0. The summed E-state index contributed by atoms with van der Waals surface area (Å²) in [5.41, 5.74) is -0.556. The summed E-state index contributed by atoms with van der Waals surface area (Å²) >= 11 is 0. The Morgan fingerprint density at radius 1 is 1.30 bits per heavy atom. The molecule has 2 aliphatic carbocycles. The van der Waals surface area contributed by atoms with Crippen molar-refractivity contribution < 1.29 is 24.9 Å². The third kappa shape index (κ3) is 1.57. The standard InChI is InChI=1S/C15H22O5/c1-6-4-9-11(7(2)14(19)20-9)13(18)15(3)10(17)5-8(16)12(6)15/h6,8-13,16-18H,2,4-5H2,1,3H3/t6-,8+,9+,10-,11-,12-,13-,15-/m1/s1. The molecule has 3 rings (SSSR count). The Hall–Kier alpha value is -0.910. The van der Waals surface area contributed by atoms with Gasteiger partial charge >= 0.3 is 5.97 Å². The smallest absolute Gasteiger partial charge is 0.334 e. The summed E-state index contributed by atoms with van der Waals surface area (Å²) in [7, 11) is 0. The molecule has 3 fully saturated rings. The molecule has 0 aromatic carbocycles. The van der Waals surface area contributed by atoms with Crippen molar-refractivity contribution in [1.82, 2.24) is 0 Å². The van der Waals surface area contributed by atoms with Gasteiger partial charge in [0, 0.05) is 17.4 Å². The van der Waals surface area contributed by atoms with Crippen LogP contribution < -0.4 is 0 Å². The van der Waals surface area contributed by atoms with E-state index in [1.807, 2.05) is 6.92 Å². The van der Waals surface area contributed by atoms with E-state index < -0.39 is 41.7 Å². The average Bonchev–Trinajstić information content (AvgIpc) is 2.72. The Labute approximate surface area is 118 Å². The molecule has 3 aliphatic rings. The van der Waals surface area contributed by atoms with Gasteiger partial charge < -0.3 is 20.1 Å². The number of hydrogen-bond donors (Lipinski definition) is 3. The third-order valence-corrected chi connectivity index (χ3v) is 5.83. The van der Waals surface area contributed by atoms with Gasteiger partial charge in [-0.25, -0.2) is 4.79 Å². The minimum atomic E-state index is -0.937. The molecule has 1 saturated heterocycles. The first-order valence-electron chi connectivity index (χ1n) is 7.22. The van der Waals surface area contributed by atoms with Crippen LogP contribution in [0.25, 0.3) is 0 Å². The van der Waals surface area contributed by atoms with Gasteiger partial charge in [-0.1, -0.05) is 20.4 Å². The molecule has 1 aliphatic heterocycles. The summed E-state index contributed by atoms with van der Waals surface area (Å²) in [6, 6.07) is 0. The molecule has 0 bridgehead atoms. The minimum absolute atomic E-state index is 0.0514. The molecule has 112 valence electrons. The van der Waals surface area contributed by atoms with Crippen molar-refractivity contribution in [2.75, 3.05) is 0 Å². The van der Waals surface area contributed by atoms with Gasteiger partial charge in [0.25, 0.3) is 0 Å².